The molecule has 0 spiro atoms. The summed E-state index contributed by atoms with van der Waals surface area (Å²) in [5, 5.41) is 9.90. The van der Waals surface area contributed by atoms with Gasteiger partial charge in [0.15, 0.2) is 5.82 Å². The molecule has 1 aromatic carbocycles. The van der Waals surface area contributed by atoms with Crippen molar-refractivity contribution in [3.8, 4) is 5.75 Å². The molecule has 1 heterocycles. The normalized spacial score (nSPS) is 12.1. The summed E-state index contributed by atoms with van der Waals surface area (Å²) < 4.78 is 5.66. The van der Waals surface area contributed by atoms with Crippen LogP contribution in [-0.2, 0) is 6.61 Å². The molecule has 0 saturated carbocycles. The molecule has 0 fully saturated rings. The fourth-order valence-corrected chi connectivity index (χ4v) is 1.65. The van der Waals surface area contributed by atoms with Gasteiger partial charge in [-0.05, 0) is 18.6 Å². The summed E-state index contributed by atoms with van der Waals surface area (Å²) >= 11 is 0. The van der Waals surface area contributed by atoms with E-state index in [9.17, 15) is 5.11 Å². The topological polar surface area (TPSA) is 55.2 Å². The molecule has 1 aromatic heterocycles. The van der Waals surface area contributed by atoms with Crippen LogP contribution in [0.15, 0.2) is 42.7 Å². The molecule has 2 rings (SSSR count). The molecule has 0 aliphatic carbocycles. The Morgan fingerprint density at radius 3 is 2.61 bits per heavy atom. The van der Waals surface area contributed by atoms with Gasteiger partial charge in [0.05, 0.1) is 6.10 Å². The highest BCUT2D eigenvalue weighted by atomic mass is 16.5. The first-order valence-electron chi connectivity index (χ1n) is 5.97. The molecule has 0 unspecified atom stereocenters. The van der Waals surface area contributed by atoms with Crippen LogP contribution in [0.1, 0.15) is 30.8 Å². The van der Waals surface area contributed by atoms with Gasteiger partial charge in [-0.1, -0.05) is 25.1 Å². The van der Waals surface area contributed by atoms with E-state index in [0.29, 0.717) is 24.6 Å². The lowest BCUT2D eigenvalue weighted by molar-refractivity contribution is 0.166. The molecular weight excluding hydrogens is 228 g/mol. The lowest BCUT2D eigenvalue weighted by Crippen LogP contribution is -2.04. The quantitative estimate of drug-likeness (QED) is 0.878. The van der Waals surface area contributed by atoms with E-state index in [4.69, 9.17) is 4.74 Å². The summed E-state index contributed by atoms with van der Waals surface area (Å²) in [5.74, 6) is 1.30. The molecule has 0 aliphatic rings. The maximum atomic E-state index is 9.90. The van der Waals surface area contributed by atoms with Crippen LogP contribution < -0.4 is 4.74 Å². The molecule has 18 heavy (non-hydrogen) atoms. The molecule has 0 amide bonds. The van der Waals surface area contributed by atoms with Crippen molar-refractivity contribution >= 4 is 0 Å². The van der Waals surface area contributed by atoms with Crippen LogP contribution in [-0.4, -0.2) is 15.1 Å². The fraction of sp³-hybridized carbons (Fsp3) is 0.286. The van der Waals surface area contributed by atoms with Crippen LogP contribution in [0, 0.1) is 0 Å². The van der Waals surface area contributed by atoms with Crippen molar-refractivity contribution in [2.45, 2.75) is 26.1 Å². The van der Waals surface area contributed by atoms with Gasteiger partial charge in [0, 0.05) is 18.0 Å². The number of hydrogen-bond donors (Lipinski definition) is 1. The van der Waals surface area contributed by atoms with Crippen molar-refractivity contribution < 1.29 is 9.84 Å². The minimum absolute atomic E-state index is 0.300. The van der Waals surface area contributed by atoms with Gasteiger partial charge in [0.25, 0.3) is 0 Å². The number of aliphatic hydroxyl groups is 1. The van der Waals surface area contributed by atoms with E-state index < -0.39 is 6.10 Å². The number of hydrogen-bond acceptors (Lipinski definition) is 4. The third-order valence-corrected chi connectivity index (χ3v) is 2.64. The van der Waals surface area contributed by atoms with Crippen molar-refractivity contribution in [3.05, 3.63) is 54.1 Å². The second-order valence-corrected chi connectivity index (χ2v) is 3.92. The predicted octanol–water partition coefficient (Wildman–Crippen LogP) is 2.50. The molecule has 4 heteroatoms. The minimum atomic E-state index is -0.502. The third-order valence-electron chi connectivity index (χ3n) is 2.64. The molecular formula is C14H16N2O2. The van der Waals surface area contributed by atoms with Crippen LogP contribution in [0.25, 0.3) is 0 Å². The SMILES string of the molecule is CC[C@@H](O)c1ccccc1OCc1ncccn1. The van der Waals surface area contributed by atoms with Crippen molar-refractivity contribution in [1.82, 2.24) is 9.97 Å². The zero-order chi connectivity index (χ0) is 12.8. The van der Waals surface area contributed by atoms with Gasteiger partial charge in [-0.3, -0.25) is 0 Å². The Morgan fingerprint density at radius 1 is 1.17 bits per heavy atom. The number of benzene rings is 1. The van der Waals surface area contributed by atoms with E-state index in [1.54, 1.807) is 18.5 Å². The maximum absolute atomic E-state index is 9.90. The molecule has 94 valence electrons. The highest BCUT2D eigenvalue weighted by Gasteiger charge is 2.11. The Labute approximate surface area is 106 Å². The first-order valence-corrected chi connectivity index (χ1v) is 5.97. The monoisotopic (exact) mass is 244 g/mol. The van der Waals surface area contributed by atoms with Crippen molar-refractivity contribution in [2.24, 2.45) is 0 Å². The van der Waals surface area contributed by atoms with Crippen LogP contribution in [0.3, 0.4) is 0 Å². The highest BCUT2D eigenvalue weighted by Crippen LogP contribution is 2.27. The van der Waals surface area contributed by atoms with Gasteiger partial charge in [-0.25, -0.2) is 9.97 Å². The molecule has 1 atom stereocenters. The van der Waals surface area contributed by atoms with E-state index in [1.807, 2.05) is 31.2 Å². The molecule has 4 nitrogen and oxygen atoms in total. The average molecular weight is 244 g/mol. The molecule has 0 saturated heterocycles. The van der Waals surface area contributed by atoms with Crippen LogP contribution in [0.2, 0.25) is 0 Å². The summed E-state index contributed by atoms with van der Waals surface area (Å²) in [5.41, 5.74) is 0.802. The Kier molecular flexibility index (Phi) is 4.25. The fourth-order valence-electron chi connectivity index (χ4n) is 1.65. The van der Waals surface area contributed by atoms with Gasteiger partial charge in [0.2, 0.25) is 0 Å². The molecule has 1 N–H and O–H groups in total. The van der Waals surface area contributed by atoms with Crippen molar-refractivity contribution in [3.63, 3.8) is 0 Å². The van der Waals surface area contributed by atoms with E-state index in [2.05, 4.69) is 9.97 Å². The Morgan fingerprint density at radius 2 is 1.89 bits per heavy atom. The van der Waals surface area contributed by atoms with Crippen molar-refractivity contribution in [2.75, 3.05) is 0 Å². The van der Waals surface area contributed by atoms with E-state index >= 15 is 0 Å². The molecule has 0 bridgehead atoms. The van der Waals surface area contributed by atoms with Crippen LogP contribution in [0.4, 0.5) is 0 Å². The Bertz CT molecular complexity index is 488. The number of ether oxygens (including phenoxy) is 1. The molecule has 0 aliphatic heterocycles. The van der Waals surface area contributed by atoms with Crippen LogP contribution >= 0.6 is 0 Å². The predicted molar refractivity (Wildman–Crippen MR) is 68.1 cm³/mol. The standard InChI is InChI=1S/C14H16N2O2/c1-2-12(17)11-6-3-4-7-13(11)18-10-14-15-8-5-9-16-14/h3-9,12,17H,2,10H2,1H3/t12-/m1/s1. The first kappa shape index (κ1) is 12.5. The zero-order valence-electron chi connectivity index (χ0n) is 10.3. The largest absolute Gasteiger partial charge is 0.485 e. The summed E-state index contributed by atoms with van der Waals surface area (Å²) in [6.07, 6.45) is 3.51. The number of para-hydroxylation sites is 1. The van der Waals surface area contributed by atoms with Gasteiger partial charge < -0.3 is 9.84 Å². The lowest BCUT2D eigenvalue weighted by Gasteiger charge is -2.14. The summed E-state index contributed by atoms with van der Waals surface area (Å²) in [6.45, 7) is 2.23. The lowest BCUT2D eigenvalue weighted by atomic mass is 10.1. The maximum Gasteiger partial charge on any atom is 0.166 e. The van der Waals surface area contributed by atoms with E-state index in [-0.39, 0.29) is 0 Å². The highest BCUT2D eigenvalue weighted by molar-refractivity contribution is 5.35. The van der Waals surface area contributed by atoms with Gasteiger partial charge in [0.1, 0.15) is 12.4 Å². The first-order chi connectivity index (χ1) is 8.81. The summed E-state index contributed by atoms with van der Waals surface area (Å²) in [6, 6.07) is 9.25. The number of nitrogens with zero attached hydrogens (tertiary/aromatic N) is 2. The zero-order valence-corrected chi connectivity index (χ0v) is 10.3. The smallest absolute Gasteiger partial charge is 0.166 e. The van der Waals surface area contributed by atoms with Gasteiger partial charge in [-0.15, -0.1) is 0 Å². The molecule has 0 radical (unpaired) electrons. The second-order valence-electron chi connectivity index (χ2n) is 3.92. The number of rotatable bonds is 5. The number of aliphatic hydroxyl groups excluding tert-OH is 1. The molecule has 2 aromatic rings. The Balaban J connectivity index is 2.10. The average Bonchev–Trinajstić information content (AvgIpc) is 2.45. The minimum Gasteiger partial charge on any atom is -0.485 e. The van der Waals surface area contributed by atoms with E-state index in [0.717, 1.165) is 5.56 Å². The van der Waals surface area contributed by atoms with Gasteiger partial charge >= 0.3 is 0 Å². The summed E-state index contributed by atoms with van der Waals surface area (Å²) in [7, 11) is 0. The van der Waals surface area contributed by atoms with Gasteiger partial charge in [-0.2, -0.15) is 0 Å². The Hall–Kier alpha value is -1.94. The second kappa shape index (κ2) is 6.12. The van der Waals surface area contributed by atoms with E-state index in [1.165, 1.54) is 0 Å². The van der Waals surface area contributed by atoms with Crippen molar-refractivity contribution in [1.29, 1.82) is 0 Å². The van der Waals surface area contributed by atoms with Crippen LogP contribution in [0.5, 0.6) is 5.75 Å². The number of aromatic nitrogens is 2. The summed E-state index contributed by atoms with van der Waals surface area (Å²) in [4.78, 5) is 8.18. The third kappa shape index (κ3) is 3.05.